The number of carbonyl (C=O) groups is 3. The molecule has 2 aliphatic rings. The number of nitrogens with one attached hydrogen (secondary N) is 2. The molecule has 6 nitrogen and oxygen atoms in total. The highest BCUT2D eigenvalue weighted by molar-refractivity contribution is 9.15. The second kappa shape index (κ2) is 8.67. The molecule has 0 saturated heterocycles. The second-order valence-electron chi connectivity index (χ2n) is 8.03. The zero-order valence-corrected chi connectivity index (χ0v) is 19.1. The molecule has 160 valence electrons. The molecule has 7 heteroatoms. The largest absolute Gasteiger partial charge is 0.307 e. The number of halogens is 1. The van der Waals surface area contributed by atoms with Gasteiger partial charge >= 0.3 is 0 Å². The van der Waals surface area contributed by atoms with E-state index in [1.807, 2.05) is 56.3 Å². The normalized spacial score (nSPS) is 15.8. The van der Waals surface area contributed by atoms with E-state index in [0.29, 0.717) is 28.6 Å². The van der Waals surface area contributed by atoms with Gasteiger partial charge < -0.3 is 4.90 Å². The lowest BCUT2D eigenvalue weighted by Gasteiger charge is -2.23. The summed E-state index contributed by atoms with van der Waals surface area (Å²) in [6, 6.07) is 13.2. The molecule has 1 heterocycles. The number of fused-ring (bicyclic) bond motifs is 1. The van der Waals surface area contributed by atoms with Gasteiger partial charge in [0, 0.05) is 33.6 Å². The average molecular weight is 482 g/mol. The lowest BCUT2D eigenvalue weighted by molar-refractivity contribution is -0.128. The number of aryl methyl sites for hydroxylation is 2. The summed E-state index contributed by atoms with van der Waals surface area (Å²) >= 11 is 3.57. The molecule has 0 unspecified atom stereocenters. The van der Waals surface area contributed by atoms with Gasteiger partial charge in [-0.05, 0) is 78.4 Å². The SMILES string of the molecule is Cc1ccc(C(=O)N2CCC(C(=O)NNC(=O)C3CC3)=C(Br)c3ccccc32)cc1C. The molecule has 4 rings (SSSR count). The fourth-order valence-electron chi connectivity index (χ4n) is 3.61. The van der Waals surface area contributed by atoms with Crippen molar-refractivity contribution in [2.75, 3.05) is 11.4 Å². The van der Waals surface area contributed by atoms with Crippen molar-refractivity contribution in [3.63, 3.8) is 0 Å². The highest BCUT2D eigenvalue weighted by Crippen LogP contribution is 2.38. The Balaban J connectivity index is 1.61. The Morgan fingerprint density at radius 1 is 1.00 bits per heavy atom. The Kier molecular flexibility index (Phi) is 5.96. The van der Waals surface area contributed by atoms with Gasteiger partial charge in [0.25, 0.3) is 11.8 Å². The summed E-state index contributed by atoms with van der Waals surface area (Å²) in [6.07, 6.45) is 2.06. The Morgan fingerprint density at radius 2 is 1.74 bits per heavy atom. The molecule has 2 N–H and O–H groups in total. The van der Waals surface area contributed by atoms with Crippen LogP contribution in [0.1, 0.15) is 46.3 Å². The van der Waals surface area contributed by atoms with Crippen molar-refractivity contribution in [1.29, 1.82) is 0 Å². The molecule has 0 aromatic heterocycles. The van der Waals surface area contributed by atoms with Crippen LogP contribution in [0.5, 0.6) is 0 Å². The number of anilines is 1. The second-order valence-corrected chi connectivity index (χ2v) is 8.83. The van der Waals surface area contributed by atoms with Gasteiger partial charge in [-0.25, -0.2) is 0 Å². The smallest absolute Gasteiger partial charge is 0.266 e. The molecule has 1 aliphatic carbocycles. The number of amides is 3. The van der Waals surface area contributed by atoms with Gasteiger partial charge in [0.2, 0.25) is 5.91 Å². The summed E-state index contributed by atoms with van der Waals surface area (Å²) < 4.78 is 0.622. The predicted octanol–water partition coefficient (Wildman–Crippen LogP) is 4.02. The Labute approximate surface area is 189 Å². The molecule has 31 heavy (non-hydrogen) atoms. The standard InChI is InChI=1S/C24H24BrN3O3/c1-14-7-8-17(13-15(14)2)24(31)28-12-11-19(21(25)18-5-3-4-6-20(18)28)23(30)27-26-22(29)16-9-10-16/h3-8,13,16H,9-12H2,1-2H3,(H,26,29)(H,27,30). The highest BCUT2D eigenvalue weighted by atomic mass is 79.9. The molecule has 1 fully saturated rings. The van der Waals surface area contributed by atoms with Gasteiger partial charge in [-0.15, -0.1) is 0 Å². The summed E-state index contributed by atoms with van der Waals surface area (Å²) in [5.74, 6) is -0.653. The number of hydrogen-bond donors (Lipinski definition) is 2. The third kappa shape index (κ3) is 4.42. The lowest BCUT2D eigenvalue weighted by Crippen LogP contribution is -2.43. The van der Waals surface area contributed by atoms with E-state index in [1.54, 1.807) is 4.90 Å². The number of nitrogens with zero attached hydrogens (tertiary/aromatic N) is 1. The first-order valence-electron chi connectivity index (χ1n) is 10.3. The van der Waals surface area contributed by atoms with Crippen LogP contribution in [-0.2, 0) is 9.59 Å². The van der Waals surface area contributed by atoms with Crippen LogP contribution in [0.25, 0.3) is 4.48 Å². The molecule has 2 aromatic carbocycles. The Bertz CT molecular complexity index is 1100. The molecule has 1 saturated carbocycles. The van der Waals surface area contributed by atoms with Crippen LogP contribution in [0.2, 0.25) is 0 Å². The summed E-state index contributed by atoms with van der Waals surface area (Å²) in [5, 5.41) is 0. The van der Waals surface area contributed by atoms with E-state index in [2.05, 4.69) is 26.8 Å². The predicted molar refractivity (Wildman–Crippen MR) is 124 cm³/mol. The van der Waals surface area contributed by atoms with Gasteiger partial charge in [-0.3, -0.25) is 25.2 Å². The first-order valence-corrected chi connectivity index (χ1v) is 11.1. The van der Waals surface area contributed by atoms with E-state index in [-0.39, 0.29) is 23.6 Å². The number of carbonyl (C=O) groups excluding carboxylic acids is 3. The molecule has 0 spiro atoms. The van der Waals surface area contributed by atoms with E-state index in [9.17, 15) is 14.4 Å². The molecule has 0 radical (unpaired) electrons. The zero-order chi connectivity index (χ0) is 22.1. The topological polar surface area (TPSA) is 78.5 Å². The average Bonchev–Trinajstić information content (AvgIpc) is 3.62. The van der Waals surface area contributed by atoms with Crippen LogP contribution >= 0.6 is 15.9 Å². The first kappa shape index (κ1) is 21.3. The third-order valence-electron chi connectivity index (χ3n) is 5.80. The van der Waals surface area contributed by atoms with Crippen molar-refractivity contribution < 1.29 is 14.4 Å². The fourth-order valence-corrected chi connectivity index (χ4v) is 4.32. The van der Waals surface area contributed by atoms with Crippen LogP contribution in [0, 0.1) is 19.8 Å². The minimum Gasteiger partial charge on any atom is -0.307 e. The van der Waals surface area contributed by atoms with Gasteiger partial charge in [-0.1, -0.05) is 24.3 Å². The van der Waals surface area contributed by atoms with Crippen molar-refractivity contribution in [3.05, 3.63) is 70.3 Å². The maximum Gasteiger partial charge on any atom is 0.266 e. The fraction of sp³-hybridized carbons (Fsp3) is 0.292. The summed E-state index contributed by atoms with van der Waals surface area (Å²) in [6.45, 7) is 4.34. The van der Waals surface area contributed by atoms with Crippen molar-refractivity contribution in [1.82, 2.24) is 10.9 Å². The summed E-state index contributed by atoms with van der Waals surface area (Å²) in [4.78, 5) is 39.8. The number of hydrogen-bond acceptors (Lipinski definition) is 3. The first-order chi connectivity index (χ1) is 14.9. The molecule has 2 aromatic rings. The van der Waals surface area contributed by atoms with E-state index in [4.69, 9.17) is 0 Å². The Hall–Kier alpha value is -2.93. The minimum atomic E-state index is -0.379. The van der Waals surface area contributed by atoms with E-state index >= 15 is 0 Å². The van der Waals surface area contributed by atoms with Crippen molar-refractivity contribution in [3.8, 4) is 0 Å². The third-order valence-corrected chi connectivity index (χ3v) is 6.71. The van der Waals surface area contributed by atoms with E-state index < -0.39 is 0 Å². The van der Waals surface area contributed by atoms with Gasteiger partial charge in [0.15, 0.2) is 0 Å². The van der Waals surface area contributed by atoms with Crippen LogP contribution in [0.15, 0.2) is 48.0 Å². The maximum atomic E-state index is 13.4. The minimum absolute atomic E-state index is 0.00124. The van der Waals surface area contributed by atoms with Gasteiger partial charge in [0.1, 0.15) is 0 Å². The summed E-state index contributed by atoms with van der Waals surface area (Å²) in [7, 11) is 0. The number of hydrazine groups is 1. The molecule has 0 bridgehead atoms. The quantitative estimate of drug-likeness (QED) is 0.649. The lowest BCUT2D eigenvalue weighted by atomic mass is 10.0. The van der Waals surface area contributed by atoms with E-state index in [0.717, 1.165) is 35.2 Å². The van der Waals surface area contributed by atoms with Gasteiger partial charge in [0.05, 0.1) is 5.69 Å². The number of rotatable bonds is 3. The van der Waals surface area contributed by atoms with Crippen molar-refractivity contribution in [2.24, 2.45) is 5.92 Å². The van der Waals surface area contributed by atoms with Crippen molar-refractivity contribution >= 4 is 43.8 Å². The van der Waals surface area contributed by atoms with Crippen LogP contribution in [0.3, 0.4) is 0 Å². The molecule has 1 aliphatic heterocycles. The van der Waals surface area contributed by atoms with Crippen LogP contribution in [-0.4, -0.2) is 24.3 Å². The molecule has 3 amide bonds. The highest BCUT2D eigenvalue weighted by Gasteiger charge is 2.31. The van der Waals surface area contributed by atoms with Crippen LogP contribution in [0.4, 0.5) is 5.69 Å². The monoisotopic (exact) mass is 481 g/mol. The zero-order valence-electron chi connectivity index (χ0n) is 17.5. The van der Waals surface area contributed by atoms with Crippen LogP contribution < -0.4 is 15.8 Å². The molecular weight excluding hydrogens is 458 g/mol. The molecule has 0 atom stereocenters. The van der Waals surface area contributed by atoms with E-state index in [1.165, 1.54) is 0 Å². The maximum absolute atomic E-state index is 13.4. The molecular formula is C24H24BrN3O3. The number of para-hydroxylation sites is 1. The van der Waals surface area contributed by atoms with Gasteiger partial charge in [-0.2, -0.15) is 0 Å². The Morgan fingerprint density at radius 3 is 2.45 bits per heavy atom. The summed E-state index contributed by atoms with van der Waals surface area (Å²) in [5.41, 5.74) is 9.80. The van der Waals surface area contributed by atoms with Crippen molar-refractivity contribution in [2.45, 2.75) is 33.1 Å². The number of benzene rings is 2.